The van der Waals surface area contributed by atoms with Gasteiger partial charge in [-0.05, 0) is 31.0 Å². The Labute approximate surface area is 112 Å². The third-order valence-electron chi connectivity index (χ3n) is 2.66. The first-order valence-corrected chi connectivity index (χ1v) is 6.78. The number of amides is 1. The van der Waals surface area contributed by atoms with E-state index in [0.29, 0.717) is 15.6 Å². The quantitative estimate of drug-likeness (QED) is 0.846. The molecule has 0 saturated heterocycles. The molecule has 0 heterocycles. The monoisotopic (exact) mass is 321 g/mol. The Kier molecular flexibility index (Phi) is 3.48. The molecule has 0 bridgehead atoms. The maximum atomic E-state index is 11.9. The molecule has 1 aromatic rings. The number of rotatable bonds is 3. The van der Waals surface area contributed by atoms with Gasteiger partial charge < -0.3 is 5.32 Å². The number of hydrogen-bond donors (Lipinski definition) is 1. The molecule has 1 fully saturated rings. The van der Waals surface area contributed by atoms with Gasteiger partial charge in [0, 0.05) is 10.4 Å². The van der Waals surface area contributed by atoms with E-state index in [-0.39, 0.29) is 11.4 Å². The Balaban J connectivity index is 2.15. The van der Waals surface area contributed by atoms with Crippen LogP contribution in [0.2, 0.25) is 10.0 Å². The van der Waals surface area contributed by atoms with Crippen molar-refractivity contribution in [1.82, 2.24) is 5.32 Å². The average molecular weight is 323 g/mol. The fourth-order valence-corrected chi connectivity index (χ4v) is 2.62. The fraction of sp³-hybridized carbons (Fsp3) is 0.364. The van der Waals surface area contributed by atoms with E-state index in [0.717, 1.165) is 18.2 Å². The summed E-state index contributed by atoms with van der Waals surface area (Å²) >= 11 is 15.1. The van der Waals surface area contributed by atoms with Crippen molar-refractivity contribution in [3.05, 3.63) is 33.8 Å². The van der Waals surface area contributed by atoms with Gasteiger partial charge in [-0.2, -0.15) is 0 Å². The largest absolute Gasteiger partial charge is 0.346 e. The highest BCUT2D eigenvalue weighted by Crippen LogP contribution is 2.37. The summed E-state index contributed by atoms with van der Waals surface area (Å²) in [5, 5.41) is 4.67. The molecule has 0 atom stereocenters. The van der Waals surface area contributed by atoms with E-state index in [1.54, 1.807) is 18.2 Å². The molecule has 1 saturated carbocycles. The molecule has 2 nitrogen and oxygen atoms in total. The molecule has 1 aliphatic carbocycles. The van der Waals surface area contributed by atoms with E-state index in [1.807, 2.05) is 0 Å². The van der Waals surface area contributed by atoms with Gasteiger partial charge in [0.25, 0.3) is 5.91 Å². The molecule has 86 valence electrons. The van der Waals surface area contributed by atoms with Crippen molar-refractivity contribution >= 4 is 45.0 Å². The topological polar surface area (TPSA) is 29.1 Å². The van der Waals surface area contributed by atoms with Gasteiger partial charge in [-0.15, -0.1) is 0 Å². The van der Waals surface area contributed by atoms with Crippen molar-refractivity contribution in [3.63, 3.8) is 0 Å². The van der Waals surface area contributed by atoms with Crippen molar-refractivity contribution < 1.29 is 4.79 Å². The van der Waals surface area contributed by atoms with Gasteiger partial charge in [0.05, 0.1) is 16.1 Å². The third-order valence-corrected chi connectivity index (χ3v) is 4.28. The third kappa shape index (κ3) is 2.53. The predicted octanol–water partition coefficient (Wildman–Crippen LogP) is 3.65. The van der Waals surface area contributed by atoms with Crippen molar-refractivity contribution in [2.75, 3.05) is 5.33 Å². The summed E-state index contributed by atoms with van der Waals surface area (Å²) in [6, 6.07) is 4.88. The number of hydrogen-bond acceptors (Lipinski definition) is 1. The zero-order valence-corrected chi connectivity index (χ0v) is 11.5. The SMILES string of the molecule is O=C(NC1(CBr)CC1)c1ccc(Cl)cc1Cl. The van der Waals surface area contributed by atoms with Crippen LogP contribution in [0, 0.1) is 0 Å². The molecule has 0 spiro atoms. The Morgan fingerprint density at radius 1 is 1.44 bits per heavy atom. The molecular formula is C11H10BrCl2NO. The Morgan fingerprint density at radius 2 is 2.12 bits per heavy atom. The molecule has 0 radical (unpaired) electrons. The first kappa shape index (κ1) is 12.2. The molecule has 16 heavy (non-hydrogen) atoms. The lowest BCUT2D eigenvalue weighted by Gasteiger charge is -2.14. The van der Waals surface area contributed by atoms with Crippen LogP contribution in [0.5, 0.6) is 0 Å². The number of benzene rings is 1. The smallest absolute Gasteiger partial charge is 0.253 e. The van der Waals surface area contributed by atoms with Crippen LogP contribution in [-0.2, 0) is 0 Å². The summed E-state index contributed by atoms with van der Waals surface area (Å²) in [6.45, 7) is 0. The lowest BCUT2D eigenvalue weighted by molar-refractivity contribution is 0.0936. The van der Waals surface area contributed by atoms with Crippen LogP contribution in [0.15, 0.2) is 18.2 Å². The van der Waals surface area contributed by atoms with E-state index < -0.39 is 0 Å². The Morgan fingerprint density at radius 3 is 2.62 bits per heavy atom. The van der Waals surface area contributed by atoms with Crippen LogP contribution >= 0.6 is 39.1 Å². The minimum atomic E-state index is -0.140. The molecule has 1 amide bonds. The van der Waals surface area contributed by atoms with Crippen LogP contribution in [0.3, 0.4) is 0 Å². The summed E-state index contributed by atoms with van der Waals surface area (Å²) < 4.78 is 0. The second kappa shape index (κ2) is 4.55. The number of halogens is 3. The van der Waals surface area contributed by atoms with Gasteiger partial charge in [-0.1, -0.05) is 39.1 Å². The van der Waals surface area contributed by atoms with Crippen LogP contribution in [0.1, 0.15) is 23.2 Å². The molecule has 1 aromatic carbocycles. The standard InChI is InChI=1S/C11H10BrCl2NO/c12-6-11(3-4-11)15-10(16)8-2-1-7(13)5-9(8)14/h1-2,5H,3-4,6H2,(H,15,16). The highest BCUT2D eigenvalue weighted by molar-refractivity contribution is 9.09. The lowest BCUT2D eigenvalue weighted by Crippen LogP contribution is -2.38. The normalized spacial score (nSPS) is 16.9. The second-order valence-electron chi connectivity index (χ2n) is 3.99. The van der Waals surface area contributed by atoms with Crippen molar-refractivity contribution in [3.8, 4) is 0 Å². The summed E-state index contributed by atoms with van der Waals surface area (Å²) in [7, 11) is 0. The maximum Gasteiger partial charge on any atom is 0.253 e. The summed E-state index contributed by atoms with van der Waals surface area (Å²) in [5.41, 5.74) is 0.401. The number of carbonyl (C=O) groups excluding carboxylic acids is 1. The van der Waals surface area contributed by atoms with Crippen molar-refractivity contribution in [2.24, 2.45) is 0 Å². The van der Waals surface area contributed by atoms with E-state index in [4.69, 9.17) is 23.2 Å². The minimum Gasteiger partial charge on any atom is -0.346 e. The minimum absolute atomic E-state index is 0.0694. The van der Waals surface area contributed by atoms with Gasteiger partial charge >= 0.3 is 0 Å². The number of alkyl halides is 1. The van der Waals surface area contributed by atoms with Gasteiger partial charge in [-0.25, -0.2) is 0 Å². The molecule has 0 aromatic heterocycles. The van der Waals surface area contributed by atoms with E-state index >= 15 is 0 Å². The van der Waals surface area contributed by atoms with Crippen molar-refractivity contribution in [1.29, 1.82) is 0 Å². The molecule has 5 heteroatoms. The zero-order valence-electron chi connectivity index (χ0n) is 8.40. The Bertz CT molecular complexity index is 432. The van der Waals surface area contributed by atoms with E-state index in [9.17, 15) is 4.79 Å². The second-order valence-corrected chi connectivity index (χ2v) is 5.40. The van der Waals surface area contributed by atoms with E-state index in [1.165, 1.54) is 0 Å². The lowest BCUT2D eigenvalue weighted by atomic mass is 10.2. The Hall–Kier alpha value is -0.250. The maximum absolute atomic E-state index is 11.9. The molecule has 2 rings (SSSR count). The van der Waals surface area contributed by atoms with Crippen LogP contribution < -0.4 is 5.32 Å². The van der Waals surface area contributed by atoms with Crippen LogP contribution in [0.4, 0.5) is 0 Å². The predicted molar refractivity (Wildman–Crippen MR) is 69.7 cm³/mol. The van der Waals surface area contributed by atoms with Gasteiger partial charge in [0.1, 0.15) is 0 Å². The number of nitrogens with one attached hydrogen (secondary N) is 1. The van der Waals surface area contributed by atoms with Crippen LogP contribution in [0.25, 0.3) is 0 Å². The first-order chi connectivity index (χ1) is 7.56. The van der Waals surface area contributed by atoms with Gasteiger partial charge in [0.15, 0.2) is 0 Å². The highest BCUT2D eigenvalue weighted by atomic mass is 79.9. The van der Waals surface area contributed by atoms with Gasteiger partial charge in [0.2, 0.25) is 0 Å². The highest BCUT2D eigenvalue weighted by Gasteiger charge is 2.43. The van der Waals surface area contributed by atoms with E-state index in [2.05, 4.69) is 21.2 Å². The zero-order chi connectivity index (χ0) is 11.8. The average Bonchev–Trinajstić information content (AvgIpc) is 2.98. The fourth-order valence-electron chi connectivity index (χ4n) is 1.42. The molecule has 1 N–H and O–H groups in total. The summed E-state index contributed by atoms with van der Waals surface area (Å²) in [6.07, 6.45) is 2.02. The molecule has 1 aliphatic rings. The van der Waals surface area contributed by atoms with Gasteiger partial charge in [-0.3, -0.25) is 4.79 Å². The summed E-state index contributed by atoms with van der Waals surface area (Å²) in [4.78, 5) is 11.9. The first-order valence-electron chi connectivity index (χ1n) is 4.90. The molecule has 0 unspecified atom stereocenters. The molecule has 0 aliphatic heterocycles. The molecular weight excluding hydrogens is 313 g/mol. The summed E-state index contributed by atoms with van der Waals surface area (Å²) in [5.74, 6) is -0.140. The van der Waals surface area contributed by atoms with Crippen LogP contribution in [-0.4, -0.2) is 16.8 Å². The number of carbonyl (C=O) groups is 1. The van der Waals surface area contributed by atoms with Crippen molar-refractivity contribution in [2.45, 2.75) is 18.4 Å².